The van der Waals surface area contributed by atoms with Crippen LogP contribution < -0.4 is 9.91 Å². The van der Waals surface area contributed by atoms with Gasteiger partial charge in [0.2, 0.25) is 0 Å². The van der Waals surface area contributed by atoms with Crippen molar-refractivity contribution in [1.82, 2.24) is 0 Å². The highest BCUT2D eigenvalue weighted by atomic mass is 32.2. The highest BCUT2D eigenvalue weighted by Gasteiger charge is 2.33. The molecule has 186 valence electrons. The number of aryl methyl sites for hydroxylation is 1. The van der Waals surface area contributed by atoms with Gasteiger partial charge in [-0.1, -0.05) is 103 Å². The van der Waals surface area contributed by atoms with Gasteiger partial charge in [-0.2, -0.15) is 5.10 Å². The maximum atomic E-state index is 12.8. The van der Waals surface area contributed by atoms with E-state index in [1.165, 1.54) is 17.3 Å². The summed E-state index contributed by atoms with van der Waals surface area (Å²) in [5.74, 6) is 0. The van der Waals surface area contributed by atoms with E-state index in [1.54, 1.807) is 4.90 Å². The summed E-state index contributed by atoms with van der Waals surface area (Å²) in [7, 11) is 0. The third-order valence-electron chi connectivity index (χ3n) is 6.74. The molecule has 1 unspecified atom stereocenters. The number of thioether (sulfide) groups is 1. The second-order valence-electron chi connectivity index (χ2n) is 9.33. The van der Waals surface area contributed by atoms with E-state index in [9.17, 15) is 4.79 Å². The van der Waals surface area contributed by atoms with Crippen LogP contribution in [0.5, 0.6) is 0 Å². The van der Waals surface area contributed by atoms with Crippen LogP contribution >= 0.6 is 24.0 Å². The third kappa shape index (κ3) is 4.80. The largest absolute Gasteiger partial charge is 0.296 e. The van der Waals surface area contributed by atoms with Crippen molar-refractivity contribution in [3.8, 4) is 0 Å². The van der Waals surface area contributed by atoms with Crippen LogP contribution in [0, 0.1) is 6.92 Å². The highest BCUT2D eigenvalue weighted by molar-refractivity contribution is 8.20. The number of benzene rings is 4. The summed E-state index contributed by atoms with van der Waals surface area (Å²) < 4.78 is 0. The zero-order valence-corrected chi connectivity index (χ0v) is 22.5. The van der Waals surface area contributed by atoms with Gasteiger partial charge in [-0.15, -0.1) is 0 Å². The van der Waals surface area contributed by atoms with Crippen LogP contribution in [0.15, 0.2) is 119 Å². The van der Waals surface area contributed by atoms with Gasteiger partial charge in [-0.3, -0.25) is 14.7 Å². The quantitative estimate of drug-likeness (QED) is 0.191. The molecule has 6 rings (SSSR count). The monoisotopic (exact) mass is 531 g/mol. The van der Waals surface area contributed by atoms with Gasteiger partial charge in [0.15, 0.2) is 0 Å². The van der Waals surface area contributed by atoms with Gasteiger partial charge in [0, 0.05) is 6.42 Å². The second kappa shape index (κ2) is 10.4. The average Bonchev–Trinajstić information content (AvgIpc) is 3.52. The Balaban J connectivity index is 1.27. The second-order valence-corrected chi connectivity index (χ2v) is 10.7. The van der Waals surface area contributed by atoms with Crippen molar-refractivity contribution in [2.75, 3.05) is 9.91 Å². The zero-order chi connectivity index (χ0) is 26.1. The number of carbonyl (C=O) groups is 1. The Hall–Kier alpha value is -4.00. The van der Waals surface area contributed by atoms with E-state index in [2.05, 4.69) is 77.8 Å². The highest BCUT2D eigenvalue weighted by Crippen LogP contribution is 2.39. The Labute approximate surface area is 232 Å². The van der Waals surface area contributed by atoms with Gasteiger partial charge < -0.3 is 0 Å². The number of anilines is 2. The molecule has 2 aliphatic heterocycles. The number of hydrogen-bond acceptors (Lipinski definition) is 5. The molecule has 1 atom stereocenters. The normalized spacial score (nSPS) is 18.4. The number of rotatable bonds is 5. The lowest BCUT2D eigenvalue weighted by molar-refractivity contribution is 0.268. The van der Waals surface area contributed by atoms with Crippen molar-refractivity contribution in [3.05, 3.63) is 136 Å². The summed E-state index contributed by atoms with van der Waals surface area (Å²) in [5, 5.41) is 7.09. The van der Waals surface area contributed by atoms with Crippen LogP contribution in [-0.4, -0.2) is 15.9 Å². The first kappa shape index (κ1) is 24.3. The molecular weight excluding hydrogens is 507 g/mol. The maximum Gasteiger partial charge on any atom is 0.296 e. The van der Waals surface area contributed by atoms with Crippen molar-refractivity contribution in [3.63, 3.8) is 0 Å². The summed E-state index contributed by atoms with van der Waals surface area (Å²) in [6.45, 7) is 2.02. The van der Waals surface area contributed by atoms with Crippen LogP contribution in [0.4, 0.5) is 16.2 Å². The number of thiocarbonyl (C=S) groups is 1. The minimum absolute atomic E-state index is 0.0766. The molecule has 4 aromatic rings. The summed E-state index contributed by atoms with van der Waals surface area (Å²) in [6.07, 6.45) is 2.82. The molecule has 1 fully saturated rings. The third-order valence-corrected chi connectivity index (χ3v) is 8.16. The van der Waals surface area contributed by atoms with Crippen molar-refractivity contribution < 1.29 is 4.79 Å². The lowest BCUT2D eigenvalue weighted by atomic mass is 9.98. The van der Waals surface area contributed by atoms with Gasteiger partial charge in [0.05, 0.1) is 28.0 Å². The predicted octanol–water partition coefficient (Wildman–Crippen LogP) is 8.39. The minimum atomic E-state index is -0.0766. The molecule has 2 aliphatic rings. The van der Waals surface area contributed by atoms with Crippen molar-refractivity contribution in [2.24, 2.45) is 5.10 Å². The number of nitrogens with zero attached hydrogens (tertiary/aromatic N) is 3. The fourth-order valence-electron chi connectivity index (χ4n) is 4.75. The molecule has 0 bridgehead atoms. The van der Waals surface area contributed by atoms with E-state index in [0.29, 0.717) is 4.99 Å². The molecule has 0 saturated carbocycles. The van der Waals surface area contributed by atoms with Crippen molar-refractivity contribution in [1.29, 1.82) is 0 Å². The Morgan fingerprint density at radius 1 is 0.842 bits per heavy atom. The molecule has 2 heterocycles. The smallest absolute Gasteiger partial charge is 0.261 e. The maximum absolute atomic E-state index is 12.8. The number of hydrazone groups is 1. The van der Waals surface area contributed by atoms with Crippen molar-refractivity contribution in [2.45, 2.75) is 19.4 Å². The first-order valence-electron chi connectivity index (χ1n) is 12.5. The molecule has 1 amide bonds. The minimum Gasteiger partial charge on any atom is -0.261 e. The summed E-state index contributed by atoms with van der Waals surface area (Å²) in [5.41, 5.74) is 7.40. The molecule has 38 heavy (non-hydrogen) atoms. The van der Waals surface area contributed by atoms with Gasteiger partial charge in [0.25, 0.3) is 5.24 Å². The topological polar surface area (TPSA) is 35.9 Å². The van der Waals surface area contributed by atoms with Crippen molar-refractivity contribution >= 4 is 57.4 Å². The SMILES string of the molecule is Cc1ccc(N2C(=O)SC(=Cc3ccc(N4N=C(c5ccccc5)CC4c4ccccc4)cc3)C2=S)cc1. The molecule has 4 nitrogen and oxygen atoms in total. The summed E-state index contributed by atoms with van der Waals surface area (Å²) >= 11 is 6.86. The number of amides is 1. The molecule has 4 aromatic carbocycles. The molecule has 0 radical (unpaired) electrons. The van der Waals surface area contributed by atoms with E-state index >= 15 is 0 Å². The molecule has 6 heteroatoms. The van der Waals surface area contributed by atoms with Crippen LogP contribution in [0.3, 0.4) is 0 Å². The number of hydrogen-bond donors (Lipinski definition) is 0. The Morgan fingerprint density at radius 3 is 2.16 bits per heavy atom. The van der Waals surface area contributed by atoms with E-state index in [-0.39, 0.29) is 11.3 Å². The fourth-order valence-corrected chi connectivity index (χ4v) is 6.03. The van der Waals surface area contributed by atoms with E-state index in [4.69, 9.17) is 17.3 Å². The fraction of sp³-hybridized carbons (Fsp3) is 0.0938. The van der Waals surface area contributed by atoms with E-state index < -0.39 is 0 Å². The first-order valence-corrected chi connectivity index (χ1v) is 13.7. The molecule has 0 N–H and O–H groups in total. The van der Waals surface area contributed by atoms with Crippen LogP contribution in [0.1, 0.15) is 34.7 Å². The number of carbonyl (C=O) groups excluding carboxylic acids is 1. The lowest BCUT2D eigenvalue weighted by Gasteiger charge is -2.24. The molecule has 0 aliphatic carbocycles. The molecular formula is C32H25N3OS2. The standard InChI is InChI=1S/C32H25N3OS2/c1-22-12-16-26(17-13-22)34-31(37)30(38-32(34)36)20-23-14-18-27(19-15-23)35-29(25-10-6-3-7-11-25)21-28(33-35)24-8-4-2-5-9-24/h2-20,29H,21H2,1H3. The Bertz CT molecular complexity index is 1550. The predicted molar refractivity (Wildman–Crippen MR) is 163 cm³/mol. The van der Waals surface area contributed by atoms with E-state index in [0.717, 1.165) is 45.1 Å². The average molecular weight is 532 g/mol. The van der Waals surface area contributed by atoms with Crippen LogP contribution in [0.2, 0.25) is 0 Å². The van der Waals surface area contributed by atoms with Gasteiger partial charge >= 0.3 is 0 Å². The summed E-state index contributed by atoms with van der Waals surface area (Å²) in [4.78, 5) is 15.7. The van der Waals surface area contributed by atoms with Crippen LogP contribution in [-0.2, 0) is 0 Å². The molecule has 0 aromatic heterocycles. The Morgan fingerprint density at radius 2 is 1.47 bits per heavy atom. The van der Waals surface area contributed by atoms with Gasteiger partial charge in [0.1, 0.15) is 4.99 Å². The van der Waals surface area contributed by atoms with Gasteiger partial charge in [-0.25, -0.2) is 0 Å². The van der Waals surface area contributed by atoms with Crippen LogP contribution in [0.25, 0.3) is 6.08 Å². The first-order chi connectivity index (χ1) is 18.6. The molecule has 0 spiro atoms. The van der Waals surface area contributed by atoms with Gasteiger partial charge in [-0.05, 0) is 65.7 Å². The molecule has 1 saturated heterocycles. The van der Waals surface area contributed by atoms with E-state index in [1.807, 2.05) is 49.4 Å². The lowest BCUT2D eigenvalue weighted by Crippen LogP contribution is -2.26. The zero-order valence-electron chi connectivity index (χ0n) is 20.8. The summed E-state index contributed by atoms with van der Waals surface area (Å²) in [6, 6.07) is 37.1. The Kier molecular flexibility index (Phi) is 6.66.